The van der Waals surface area contributed by atoms with Crippen LogP contribution in [0.5, 0.6) is 0 Å². The van der Waals surface area contributed by atoms with Gasteiger partial charge in [-0.25, -0.2) is 0 Å². The number of hydrogen-bond donors (Lipinski definition) is 4. The van der Waals surface area contributed by atoms with Crippen LogP contribution in [0.2, 0.25) is 0 Å². The van der Waals surface area contributed by atoms with Crippen LogP contribution in [0.15, 0.2) is 35.5 Å². The van der Waals surface area contributed by atoms with Crippen molar-refractivity contribution in [3.8, 4) is 0 Å². The van der Waals surface area contributed by atoms with E-state index in [1.54, 1.807) is 0 Å². The highest BCUT2D eigenvalue weighted by Gasteiger charge is 2.39. The fraction of sp³-hybridized carbons (Fsp3) is 0.474. The van der Waals surface area contributed by atoms with Gasteiger partial charge in [0.15, 0.2) is 6.29 Å². The van der Waals surface area contributed by atoms with Crippen LogP contribution in [-0.2, 0) is 16.1 Å². The zero-order valence-electron chi connectivity index (χ0n) is 15.1. The summed E-state index contributed by atoms with van der Waals surface area (Å²) in [6, 6.07) is 7.80. The summed E-state index contributed by atoms with van der Waals surface area (Å²) < 4.78 is 0. The second-order valence-electron chi connectivity index (χ2n) is 6.59. The molecule has 0 spiro atoms. The van der Waals surface area contributed by atoms with E-state index in [1.807, 2.05) is 31.2 Å². The van der Waals surface area contributed by atoms with E-state index in [-0.39, 0.29) is 11.8 Å². The standard InChI is InChI=1S/C19H28N4O2/c1-4-12(2)19-18(17(25)11-24)16(10-21-19)13(3)22-23-15-7-5-14(9-20)6-8-15/h5-8,11-12,18-19,21-23H,4,9-10,20H2,1-3H3. The Labute approximate surface area is 149 Å². The van der Waals surface area contributed by atoms with E-state index in [1.165, 1.54) is 0 Å². The summed E-state index contributed by atoms with van der Waals surface area (Å²) in [4.78, 5) is 23.3. The second kappa shape index (κ2) is 8.78. The molecule has 6 nitrogen and oxygen atoms in total. The van der Waals surface area contributed by atoms with E-state index >= 15 is 0 Å². The van der Waals surface area contributed by atoms with Crippen molar-refractivity contribution in [2.75, 3.05) is 12.0 Å². The summed E-state index contributed by atoms with van der Waals surface area (Å²) in [7, 11) is 0. The van der Waals surface area contributed by atoms with Crippen LogP contribution in [0.3, 0.4) is 0 Å². The highest BCUT2D eigenvalue weighted by Crippen LogP contribution is 2.30. The molecule has 1 aromatic carbocycles. The number of anilines is 1. The summed E-state index contributed by atoms with van der Waals surface area (Å²) in [5.74, 6) is -0.448. The van der Waals surface area contributed by atoms with Crippen LogP contribution >= 0.6 is 0 Å². The topological polar surface area (TPSA) is 96.2 Å². The van der Waals surface area contributed by atoms with Crippen LogP contribution in [0.1, 0.15) is 32.8 Å². The predicted octanol–water partition coefficient (Wildman–Crippen LogP) is 1.74. The average Bonchev–Trinajstić information content (AvgIpc) is 3.10. The lowest BCUT2D eigenvalue weighted by Gasteiger charge is -2.24. The first-order valence-electron chi connectivity index (χ1n) is 8.74. The lowest BCUT2D eigenvalue weighted by Crippen LogP contribution is -2.37. The summed E-state index contributed by atoms with van der Waals surface area (Å²) >= 11 is 0. The molecule has 1 fully saturated rings. The molecule has 0 radical (unpaired) electrons. The van der Waals surface area contributed by atoms with Gasteiger partial charge in [-0.05, 0) is 36.1 Å². The third-order valence-corrected chi connectivity index (χ3v) is 5.01. The Hall–Kier alpha value is -2.18. The summed E-state index contributed by atoms with van der Waals surface area (Å²) in [5.41, 5.74) is 15.7. The van der Waals surface area contributed by atoms with Gasteiger partial charge < -0.3 is 21.9 Å². The molecule has 3 unspecified atom stereocenters. The molecule has 1 heterocycles. The lowest BCUT2D eigenvalue weighted by molar-refractivity contribution is -0.132. The van der Waals surface area contributed by atoms with E-state index in [4.69, 9.17) is 5.73 Å². The van der Waals surface area contributed by atoms with Gasteiger partial charge >= 0.3 is 0 Å². The van der Waals surface area contributed by atoms with Gasteiger partial charge in [0.05, 0.1) is 11.6 Å². The molecule has 136 valence electrons. The first-order valence-corrected chi connectivity index (χ1v) is 8.74. The summed E-state index contributed by atoms with van der Waals surface area (Å²) in [6.07, 6.45) is 1.39. The monoisotopic (exact) mass is 344 g/mol. The van der Waals surface area contributed by atoms with Crippen LogP contribution < -0.4 is 21.9 Å². The largest absolute Gasteiger partial charge is 0.326 e. The highest BCUT2D eigenvalue weighted by molar-refractivity contribution is 6.27. The van der Waals surface area contributed by atoms with E-state index in [0.717, 1.165) is 28.9 Å². The number of benzene rings is 1. The number of aldehydes is 1. The minimum atomic E-state index is -0.402. The molecule has 2 rings (SSSR count). The van der Waals surface area contributed by atoms with Gasteiger partial charge in [-0.3, -0.25) is 9.59 Å². The van der Waals surface area contributed by atoms with Gasteiger partial charge in [-0.1, -0.05) is 32.4 Å². The molecule has 1 saturated heterocycles. The van der Waals surface area contributed by atoms with Crippen LogP contribution in [-0.4, -0.2) is 24.7 Å². The maximum Gasteiger partial charge on any atom is 0.203 e. The van der Waals surface area contributed by atoms with Crippen molar-refractivity contribution in [1.82, 2.24) is 10.7 Å². The molecule has 5 N–H and O–H groups in total. The number of rotatable bonds is 8. The van der Waals surface area contributed by atoms with E-state index in [0.29, 0.717) is 25.3 Å². The molecule has 0 bridgehead atoms. The van der Waals surface area contributed by atoms with Gasteiger partial charge in [0, 0.05) is 24.8 Å². The predicted molar refractivity (Wildman–Crippen MR) is 99.6 cm³/mol. The summed E-state index contributed by atoms with van der Waals surface area (Å²) in [5, 5.41) is 3.40. The third-order valence-electron chi connectivity index (χ3n) is 5.01. The van der Waals surface area contributed by atoms with E-state index < -0.39 is 5.92 Å². The summed E-state index contributed by atoms with van der Waals surface area (Å²) in [6.45, 7) is 7.23. The Kier molecular flexibility index (Phi) is 6.73. The fourth-order valence-corrected chi connectivity index (χ4v) is 3.21. The molecule has 25 heavy (non-hydrogen) atoms. The second-order valence-corrected chi connectivity index (χ2v) is 6.59. The zero-order chi connectivity index (χ0) is 18.4. The first-order chi connectivity index (χ1) is 12.0. The van der Waals surface area contributed by atoms with Gasteiger partial charge in [0.2, 0.25) is 5.78 Å². The van der Waals surface area contributed by atoms with Crippen LogP contribution in [0.4, 0.5) is 5.69 Å². The highest BCUT2D eigenvalue weighted by atomic mass is 16.2. The van der Waals surface area contributed by atoms with Crippen molar-refractivity contribution in [2.24, 2.45) is 17.6 Å². The van der Waals surface area contributed by atoms with Crippen molar-refractivity contribution < 1.29 is 9.59 Å². The number of nitrogens with one attached hydrogen (secondary N) is 3. The molecular weight excluding hydrogens is 316 g/mol. The minimum absolute atomic E-state index is 0.00159. The third kappa shape index (κ3) is 4.46. The molecule has 1 aliphatic heterocycles. The Morgan fingerprint density at radius 2 is 2.08 bits per heavy atom. The smallest absolute Gasteiger partial charge is 0.203 e. The van der Waals surface area contributed by atoms with Gasteiger partial charge in [-0.2, -0.15) is 0 Å². The van der Waals surface area contributed by atoms with Crippen molar-refractivity contribution in [3.63, 3.8) is 0 Å². The van der Waals surface area contributed by atoms with Gasteiger partial charge in [0.1, 0.15) is 0 Å². The number of hydrazine groups is 1. The normalized spacial score (nSPS) is 23.0. The first kappa shape index (κ1) is 19.1. The molecule has 0 saturated carbocycles. The molecule has 1 aromatic rings. The van der Waals surface area contributed by atoms with Gasteiger partial charge in [0.25, 0.3) is 0 Å². The van der Waals surface area contributed by atoms with E-state index in [9.17, 15) is 9.59 Å². The zero-order valence-corrected chi connectivity index (χ0v) is 15.1. The van der Waals surface area contributed by atoms with Crippen LogP contribution in [0, 0.1) is 11.8 Å². The van der Waals surface area contributed by atoms with Gasteiger partial charge in [-0.15, -0.1) is 0 Å². The molecular formula is C19H28N4O2. The maximum atomic E-state index is 12.2. The number of Topliss-reactive ketones (excluding diaryl/α,β-unsaturated/α-hetero) is 1. The number of carbonyl (C=O) groups is 2. The SMILES string of the molecule is CCC(C)C1NCC(=C(C)NNc2ccc(CN)cc2)C1C(=O)C=O. The number of hydrogen-bond acceptors (Lipinski definition) is 6. The fourth-order valence-electron chi connectivity index (χ4n) is 3.21. The average molecular weight is 344 g/mol. The molecule has 6 heteroatoms. The Balaban J connectivity index is 2.14. The van der Waals surface area contributed by atoms with Crippen LogP contribution in [0.25, 0.3) is 0 Å². The molecule has 0 amide bonds. The molecule has 0 aromatic heterocycles. The Morgan fingerprint density at radius 1 is 1.40 bits per heavy atom. The molecule has 0 aliphatic carbocycles. The quantitative estimate of drug-likeness (QED) is 0.326. The Morgan fingerprint density at radius 3 is 2.64 bits per heavy atom. The number of carbonyl (C=O) groups excluding carboxylic acids is 2. The van der Waals surface area contributed by atoms with Crippen molar-refractivity contribution in [3.05, 3.63) is 41.1 Å². The van der Waals surface area contributed by atoms with Crippen molar-refractivity contribution in [2.45, 2.75) is 39.8 Å². The number of ketones is 1. The Bertz CT molecular complexity index is 639. The molecule has 1 aliphatic rings. The van der Waals surface area contributed by atoms with E-state index in [2.05, 4.69) is 30.0 Å². The number of allylic oxidation sites excluding steroid dienone is 1. The van der Waals surface area contributed by atoms with Crippen molar-refractivity contribution in [1.29, 1.82) is 0 Å². The number of nitrogens with two attached hydrogens (primary N) is 1. The van der Waals surface area contributed by atoms with Crippen molar-refractivity contribution >= 4 is 17.8 Å². The lowest BCUT2D eigenvalue weighted by atomic mass is 9.83. The minimum Gasteiger partial charge on any atom is -0.326 e. The molecule has 3 atom stereocenters. The maximum absolute atomic E-state index is 12.2.